The summed E-state index contributed by atoms with van der Waals surface area (Å²) in [5, 5.41) is 2.87. The summed E-state index contributed by atoms with van der Waals surface area (Å²) in [7, 11) is 1.64. The van der Waals surface area contributed by atoms with Gasteiger partial charge in [-0.15, -0.1) is 0 Å². The maximum absolute atomic E-state index is 12.8. The molecule has 1 N–H and O–H groups in total. The van der Waals surface area contributed by atoms with Crippen molar-refractivity contribution in [3.63, 3.8) is 0 Å². The minimum Gasteiger partial charge on any atom is -0.385 e. The summed E-state index contributed by atoms with van der Waals surface area (Å²) in [5.74, 6) is 0.125. The van der Waals surface area contributed by atoms with Crippen molar-refractivity contribution in [1.82, 2.24) is 20.2 Å². The van der Waals surface area contributed by atoms with Gasteiger partial charge in [-0.1, -0.05) is 0 Å². The van der Waals surface area contributed by atoms with E-state index in [1.54, 1.807) is 7.11 Å². The molecular formula is C14H22FN5O2. The number of anilines is 1. The summed E-state index contributed by atoms with van der Waals surface area (Å²) in [4.78, 5) is 23.8. The van der Waals surface area contributed by atoms with E-state index < -0.39 is 5.82 Å². The first-order valence-corrected chi connectivity index (χ1v) is 7.39. The van der Waals surface area contributed by atoms with Crippen LogP contribution in [-0.4, -0.2) is 73.8 Å². The predicted molar refractivity (Wildman–Crippen MR) is 80.1 cm³/mol. The summed E-state index contributed by atoms with van der Waals surface area (Å²) in [6, 6.07) is 0. The molecule has 0 atom stereocenters. The predicted octanol–water partition coefficient (Wildman–Crippen LogP) is -0.110. The molecule has 122 valence electrons. The van der Waals surface area contributed by atoms with Crippen molar-refractivity contribution in [3.8, 4) is 0 Å². The lowest BCUT2D eigenvalue weighted by atomic mass is 10.3. The molecule has 1 aliphatic rings. The second-order valence-electron chi connectivity index (χ2n) is 5.16. The molecule has 22 heavy (non-hydrogen) atoms. The number of ether oxygens (including phenoxy) is 1. The molecule has 2 heterocycles. The van der Waals surface area contributed by atoms with Crippen LogP contribution in [0.3, 0.4) is 0 Å². The first-order chi connectivity index (χ1) is 10.7. The molecule has 2 rings (SSSR count). The van der Waals surface area contributed by atoms with Gasteiger partial charge in [0.1, 0.15) is 0 Å². The number of halogens is 1. The number of hydrogen-bond acceptors (Lipinski definition) is 6. The van der Waals surface area contributed by atoms with Gasteiger partial charge in [-0.2, -0.15) is 0 Å². The zero-order valence-electron chi connectivity index (χ0n) is 12.8. The maximum Gasteiger partial charge on any atom is 0.234 e. The van der Waals surface area contributed by atoms with Gasteiger partial charge in [0, 0.05) is 46.4 Å². The Labute approximate surface area is 129 Å². The van der Waals surface area contributed by atoms with Gasteiger partial charge in [-0.05, 0) is 6.42 Å². The monoisotopic (exact) mass is 311 g/mol. The number of carbonyl (C=O) groups is 1. The van der Waals surface area contributed by atoms with Crippen molar-refractivity contribution in [2.24, 2.45) is 0 Å². The molecule has 1 amide bonds. The highest BCUT2D eigenvalue weighted by Gasteiger charge is 2.20. The summed E-state index contributed by atoms with van der Waals surface area (Å²) < 4.78 is 17.7. The van der Waals surface area contributed by atoms with Crippen molar-refractivity contribution in [3.05, 3.63) is 18.2 Å². The van der Waals surface area contributed by atoms with E-state index in [2.05, 4.69) is 20.2 Å². The molecule has 1 fully saturated rings. The lowest BCUT2D eigenvalue weighted by Gasteiger charge is -2.34. The number of aromatic nitrogens is 2. The smallest absolute Gasteiger partial charge is 0.234 e. The van der Waals surface area contributed by atoms with Crippen LogP contribution < -0.4 is 10.2 Å². The number of methoxy groups -OCH3 is 1. The molecule has 0 unspecified atom stereocenters. The second kappa shape index (κ2) is 8.60. The van der Waals surface area contributed by atoms with Crippen LogP contribution in [-0.2, 0) is 9.53 Å². The molecule has 0 saturated carbocycles. The first kappa shape index (κ1) is 16.6. The van der Waals surface area contributed by atoms with E-state index in [1.807, 2.05) is 4.90 Å². The van der Waals surface area contributed by atoms with Gasteiger partial charge < -0.3 is 15.0 Å². The number of rotatable bonds is 7. The molecule has 1 aromatic heterocycles. The maximum atomic E-state index is 12.8. The van der Waals surface area contributed by atoms with Crippen LogP contribution >= 0.6 is 0 Å². The molecule has 0 aliphatic carbocycles. The highest BCUT2D eigenvalue weighted by molar-refractivity contribution is 5.78. The average molecular weight is 311 g/mol. The molecule has 0 radical (unpaired) electrons. The fourth-order valence-corrected chi connectivity index (χ4v) is 2.28. The Morgan fingerprint density at radius 2 is 2.00 bits per heavy atom. The summed E-state index contributed by atoms with van der Waals surface area (Å²) in [6.07, 6.45) is 3.16. The van der Waals surface area contributed by atoms with Crippen LogP contribution in [0, 0.1) is 5.82 Å². The Kier molecular flexibility index (Phi) is 6.47. The van der Waals surface area contributed by atoms with Gasteiger partial charge in [0.15, 0.2) is 5.82 Å². The van der Waals surface area contributed by atoms with Crippen molar-refractivity contribution in [1.29, 1.82) is 0 Å². The second-order valence-corrected chi connectivity index (χ2v) is 5.16. The van der Waals surface area contributed by atoms with E-state index in [0.29, 0.717) is 25.6 Å². The van der Waals surface area contributed by atoms with Crippen LogP contribution in [0.2, 0.25) is 0 Å². The molecule has 0 aromatic carbocycles. The van der Waals surface area contributed by atoms with Gasteiger partial charge in [-0.25, -0.2) is 14.4 Å². The van der Waals surface area contributed by atoms with E-state index in [9.17, 15) is 9.18 Å². The van der Waals surface area contributed by atoms with Crippen LogP contribution in [0.4, 0.5) is 10.3 Å². The van der Waals surface area contributed by atoms with Crippen molar-refractivity contribution in [2.45, 2.75) is 6.42 Å². The molecule has 1 aromatic rings. The Bertz CT molecular complexity index is 463. The fourth-order valence-electron chi connectivity index (χ4n) is 2.28. The molecular weight excluding hydrogens is 289 g/mol. The van der Waals surface area contributed by atoms with E-state index in [1.165, 1.54) is 12.4 Å². The molecule has 1 saturated heterocycles. The number of amides is 1. The molecule has 0 bridgehead atoms. The Balaban J connectivity index is 1.68. The zero-order valence-corrected chi connectivity index (χ0v) is 12.8. The lowest BCUT2D eigenvalue weighted by Crippen LogP contribution is -2.50. The highest BCUT2D eigenvalue weighted by atomic mass is 19.1. The Hall–Kier alpha value is -1.80. The Morgan fingerprint density at radius 1 is 1.32 bits per heavy atom. The molecule has 8 heteroatoms. The number of hydrogen-bond donors (Lipinski definition) is 1. The first-order valence-electron chi connectivity index (χ1n) is 7.39. The van der Waals surface area contributed by atoms with Gasteiger partial charge in [-0.3, -0.25) is 9.69 Å². The van der Waals surface area contributed by atoms with Crippen LogP contribution in [0.25, 0.3) is 0 Å². The lowest BCUT2D eigenvalue weighted by molar-refractivity contribution is -0.122. The minimum absolute atomic E-state index is 0.0302. The minimum atomic E-state index is -0.437. The topological polar surface area (TPSA) is 70.6 Å². The number of carbonyl (C=O) groups excluding carboxylic acids is 1. The third-order valence-corrected chi connectivity index (χ3v) is 3.48. The van der Waals surface area contributed by atoms with Crippen molar-refractivity contribution < 1.29 is 13.9 Å². The van der Waals surface area contributed by atoms with E-state index in [4.69, 9.17) is 4.74 Å². The van der Waals surface area contributed by atoms with E-state index in [0.717, 1.165) is 32.6 Å². The van der Waals surface area contributed by atoms with Gasteiger partial charge in [0.25, 0.3) is 0 Å². The third kappa shape index (κ3) is 5.19. The van der Waals surface area contributed by atoms with Gasteiger partial charge in [0.2, 0.25) is 11.9 Å². The average Bonchev–Trinajstić information content (AvgIpc) is 2.53. The normalized spacial score (nSPS) is 15.8. The summed E-state index contributed by atoms with van der Waals surface area (Å²) in [5.41, 5.74) is 0. The molecule has 1 aliphatic heterocycles. The van der Waals surface area contributed by atoms with E-state index >= 15 is 0 Å². The standard InChI is InChI=1S/C14H22FN5O2/c1-22-8-2-3-16-13(21)11-19-4-6-20(7-5-19)14-17-9-12(15)10-18-14/h9-10H,2-8,11H2,1H3,(H,16,21). The molecule has 0 spiro atoms. The largest absolute Gasteiger partial charge is 0.385 e. The number of nitrogens with one attached hydrogen (secondary N) is 1. The number of nitrogens with zero attached hydrogens (tertiary/aromatic N) is 4. The Morgan fingerprint density at radius 3 is 2.64 bits per heavy atom. The SMILES string of the molecule is COCCCNC(=O)CN1CCN(c2ncc(F)cn2)CC1. The molecule has 7 nitrogen and oxygen atoms in total. The van der Waals surface area contributed by atoms with Crippen LogP contribution in [0.5, 0.6) is 0 Å². The summed E-state index contributed by atoms with van der Waals surface area (Å²) in [6.45, 7) is 4.64. The fraction of sp³-hybridized carbons (Fsp3) is 0.643. The number of piperazine rings is 1. The van der Waals surface area contributed by atoms with Crippen molar-refractivity contribution >= 4 is 11.9 Å². The third-order valence-electron chi connectivity index (χ3n) is 3.48. The quantitative estimate of drug-likeness (QED) is 0.709. The van der Waals surface area contributed by atoms with E-state index in [-0.39, 0.29) is 5.91 Å². The summed E-state index contributed by atoms with van der Waals surface area (Å²) >= 11 is 0. The van der Waals surface area contributed by atoms with Crippen LogP contribution in [0.1, 0.15) is 6.42 Å². The highest BCUT2D eigenvalue weighted by Crippen LogP contribution is 2.10. The zero-order chi connectivity index (χ0) is 15.8. The van der Waals surface area contributed by atoms with Gasteiger partial charge >= 0.3 is 0 Å². The van der Waals surface area contributed by atoms with Crippen molar-refractivity contribution in [2.75, 3.05) is 57.9 Å². The van der Waals surface area contributed by atoms with Gasteiger partial charge in [0.05, 0.1) is 18.9 Å². The van der Waals surface area contributed by atoms with Crippen LogP contribution in [0.15, 0.2) is 12.4 Å².